The first-order chi connectivity index (χ1) is 6.27. The summed E-state index contributed by atoms with van der Waals surface area (Å²) in [6.45, 7) is 6.52. The molecule has 1 saturated carbocycles. The smallest absolute Gasteiger partial charge is 0.0215 e. The van der Waals surface area contributed by atoms with Crippen LogP contribution in [0.1, 0.15) is 39.5 Å². The second kappa shape index (κ2) is 5.61. The molecule has 0 spiro atoms. The van der Waals surface area contributed by atoms with Crippen LogP contribution in [0.2, 0.25) is 0 Å². The van der Waals surface area contributed by atoms with E-state index in [0.717, 1.165) is 18.4 Å². The molecule has 0 amide bonds. The van der Waals surface area contributed by atoms with E-state index in [2.05, 4.69) is 19.2 Å². The zero-order valence-corrected chi connectivity index (χ0v) is 9.05. The second-order valence-corrected chi connectivity index (χ2v) is 4.46. The lowest BCUT2D eigenvalue weighted by atomic mass is 9.97. The van der Waals surface area contributed by atoms with Gasteiger partial charge in [0.05, 0.1) is 0 Å². The molecule has 1 aliphatic rings. The maximum Gasteiger partial charge on any atom is 0.0215 e. The van der Waals surface area contributed by atoms with Crippen molar-refractivity contribution in [3.8, 4) is 0 Å². The van der Waals surface area contributed by atoms with Crippen LogP contribution < -0.4 is 11.1 Å². The molecule has 0 aromatic rings. The van der Waals surface area contributed by atoms with Gasteiger partial charge in [-0.3, -0.25) is 0 Å². The van der Waals surface area contributed by atoms with E-state index in [4.69, 9.17) is 5.73 Å². The molecular weight excluding hydrogens is 160 g/mol. The second-order valence-electron chi connectivity index (χ2n) is 4.46. The van der Waals surface area contributed by atoms with Crippen molar-refractivity contribution in [1.29, 1.82) is 0 Å². The highest BCUT2D eigenvalue weighted by atomic mass is 14.9. The molecule has 2 atom stereocenters. The van der Waals surface area contributed by atoms with Crippen LogP contribution in [0, 0.1) is 11.8 Å². The molecule has 0 aromatic heterocycles. The van der Waals surface area contributed by atoms with Crippen molar-refractivity contribution in [3.05, 3.63) is 0 Å². The maximum atomic E-state index is 5.75. The minimum absolute atomic E-state index is 0.542. The van der Waals surface area contributed by atoms with E-state index in [1.807, 2.05) is 0 Å². The fourth-order valence-corrected chi connectivity index (χ4v) is 1.81. The van der Waals surface area contributed by atoms with Crippen LogP contribution in [-0.2, 0) is 0 Å². The van der Waals surface area contributed by atoms with Gasteiger partial charge in [-0.1, -0.05) is 20.3 Å². The first-order valence-electron chi connectivity index (χ1n) is 5.71. The van der Waals surface area contributed by atoms with Crippen molar-refractivity contribution in [2.75, 3.05) is 13.1 Å². The lowest BCUT2D eigenvalue weighted by Crippen LogP contribution is -2.42. The molecule has 2 nitrogen and oxygen atoms in total. The Morgan fingerprint density at radius 3 is 2.62 bits per heavy atom. The molecular formula is C11H24N2. The molecule has 0 radical (unpaired) electrons. The van der Waals surface area contributed by atoms with E-state index in [0.29, 0.717) is 6.04 Å². The van der Waals surface area contributed by atoms with Crippen LogP contribution in [0.25, 0.3) is 0 Å². The van der Waals surface area contributed by atoms with Crippen molar-refractivity contribution >= 4 is 0 Å². The number of hydrogen-bond donors (Lipinski definition) is 2. The van der Waals surface area contributed by atoms with Crippen molar-refractivity contribution in [1.82, 2.24) is 5.32 Å². The average Bonchev–Trinajstić information content (AvgIpc) is 2.89. The van der Waals surface area contributed by atoms with E-state index in [1.54, 1.807) is 0 Å². The first kappa shape index (κ1) is 11.0. The largest absolute Gasteiger partial charge is 0.329 e. The molecule has 0 aromatic carbocycles. The fourth-order valence-electron chi connectivity index (χ4n) is 1.81. The Kier molecular flexibility index (Phi) is 4.74. The Balaban J connectivity index is 2.14. The Hall–Kier alpha value is -0.0800. The molecule has 1 fully saturated rings. The predicted octanol–water partition coefficient (Wildman–Crippen LogP) is 1.75. The molecule has 3 N–H and O–H groups in total. The van der Waals surface area contributed by atoms with Crippen molar-refractivity contribution in [2.45, 2.75) is 45.6 Å². The molecule has 1 rings (SSSR count). The van der Waals surface area contributed by atoms with Gasteiger partial charge in [0.1, 0.15) is 0 Å². The van der Waals surface area contributed by atoms with Gasteiger partial charge in [0, 0.05) is 12.6 Å². The molecule has 2 heteroatoms. The molecule has 1 aliphatic carbocycles. The summed E-state index contributed by atoms with van der Waals surface area (Å²) in [5, 5.41) is 3.59. The number of rotatable bonds is 7. The summed E-state index contributed by atoms with van der Waals surface area (Å²) in [6.07, 6.45) is 5.40. The zero-order chi connectivity index (χ0) is 9.68. The van der Waals surface area contributed by atoms with Crippen molar-refractivity contribution < 1.29 is 0 Å². The van der Waals surface area contributed by atoms with Crippen molar-refractivity contribution in [2.24, 2.45) is 17.6 Å². The van der Waals surface area contributed by atoms with Gasteiger partial charge in [0.2, 0.25) is 0 Å². The third-order valence-corrected chi connectivity index (χ3v) is 3.05. The monoisotopic (exact) mass is 184 g/mol. The summed E-state index contributed by atoms with van der Waals surface area (Å²) in [7, 11) is 0. The number of nitrogens with one attached hydrogen (secondary N) is 1. The topological polar surface area (TPSA) is 38.0 Å². The van der Waals surface area contributed by atoms with Crippen LogP contribution in [-0.4, -0.2) is 19.1 Å². The van der Waals surface area contributed by atoms with Crippen LogP contribution in [0.15, 0.2) is 0 Å². The van der Waals surface area contributed by atoms with E-state index in [1.165, 1.54) is 32.2 Å². The fraction of sp³-hybridized carbons (Fsp3) is 1.00. The van der Waals surface area contributed by atoms with E-state index in [9.17, 15) is 0 Å². The first-order valence-corrected chi connectivity index (χ1v) is 5.71. The Morgan fingerprint density at radius 2 is 2.15 bits per heavy atom. The summed E-state index contributed by atoms with van der Waals surface area (Å²) in [4.78, 5) is 0. The highest BCUT2D eigenvalue weighted by Crippen LogP contribution is 2.28. The third-order valence-electron chi connectivity index (χ3n) is 3.05. The SMILES string of the molecule is CCCC(C)C(CN)NCC1CC1. The summed E-state index contributed by atoms with van der Waals surface area (Å²) in [6, 6.07) is 0.542. The minimum atomic E-state index is 0.542. The third kappa shape index (κ3) is 4.10. The van der Waals surface area contributed by atoms with Gasteiger partial charge >= 0.3 is 0 Å². The molecule has 78 valence electrons. The van der Waals surface area contributed by atoms with Crippen LogP contribution in [0.5, 0.6) is 0 Å². The molecule has 0 bridgehead atoms. The summed E-state index contributed by atoms with van der Waals surface area (Å²) >= 11 is 0. The summed E-state index contributed by atoms with van der Waals surface area (Å²) < 4.78 is 0. The van der Waals surface area contributed by atoms with Crippen molar-refractivity contribution in [3.63, 3.8) is 0 Å². The standard InChI is InChI=1S/C11H24N2/c1-3-4-9(2)11(7-12)13-8-10-5-6-10/h9-11,13H,3-8,12H2,1-2H3. The highest BCUT2D eigenvalue weighted by Gasteiger charge is 2.23. The summed E-state index contributed by atoms with van der Waals surface area (Å²) in [5.74, 6) is 1.69. The van der Waals surface area contributed by atoms with Crippen LogP contribution >= 0.6 is 0 Å². The maximum absolute atomic E-state index is 5.75. The van der Waals surface area contributed by atoms with Gasteiger partial charge in [-0.05, 0) is 37.6 Å². The van der Waals surface area contributed by atoms with E-state index < -0.39 is 0 Å². The van der Waals surface area contributed by atoms with Gasteiger partial charge < -0.3 is 11.1 Å². The highest BCUT2D eigenvalue weighted by molar-refractivity contribution is 4.80. The average molecular weight is 184 g/mol. The summed E-state index contributed by atoms with van der Waals surface area (Å²) in [5.41, 5.74) is 5.75. The quantitative estimate of drug-likeness (QED) is 0.632. The van der Waals surface area contributed by atoms with Gasteiger partial charge in [0.15, 0.2) is 0 Å². The van der Waals surface area contributed by atoms with Gasteiger partial charge in [-0.15, -0.1) is 0 Å². The number of nitrogens with two attached hydrogens (primary N) is 1. The molecule has 2 unspecified atom stereocenters. The Morgan fingerprint density at radius 1 is 1.46 bits per heavy atom. The van der Waals surface area contributed by atoms with E-state index >= 15 is 0 Å². The molecule has 13 heavy (non-hydrogen) atoms. The van der Waals surface area contributed by atoms with Gasteiger partial charge in [0.25, 0.3) is 0 Å². The Labute approximate surface area is 82.3 Å². The number of hydrogen-bond acceptors (Lipinski definition) is 2. The lowest BCUT2D eigenvalue weighted by Gasteiger charge is -2.23. The van der Waals surface area contributed by atoms with Gasteiger partial charge in [-0.25, -0.2) is 0 Å². The zero-order valence-electron chi connectivity index (χ0n) is 9.05. The van der Waals surface area contributed by atoms with Crippen LogP contribution in [0.3, 0.4) is 0 Å². The predicted molar refractivity (Wildman–Crippen MR) is 57.6 cm³/mol. The van der Waals surface area contributed by atoms with Gasteiger partial charge in [-0.2, -0.15) is 0 Å². The van der Waals surface area contributed by atoms with E-state index in [-0.39, 0.29) is 0 Å². The molecule has 0 heterocycles. The minimum Gasteiger partial charge on any atom is -0.329 e. The Bertz CT molecular complexity index is 132. The normalized spacial score (nSPS) is 21.5. The lowest BCUT2D eigenvalue weighted by molar-refractivity contribution is 0.356. The molecule has 0 aliphatic heterocycles. The van der Waals surface area contributed by atoms with Crippen LogP contribution in [0.4, 0.5) is 0 Å². The molecule has 0 saturated heterocycles.